The van der Waals surface area contributed by atoms with E-state index in [0.29, 0.717) is 5.41 Å². The fourth-order valence-corrected chi connectivity index (χ4v) is 4.41. The van der Waals surface area contributed by atoms with Gasteiger partial charge in [-0.15, -0.1) is 0 Å². The van der Waals surface area contributed by atoms with Crippen LogP contribution in [0.15, 0.2) is 42.6 Å². The molecule has 2 fully saturated rings. The molecule has 2 saturated heterocycles. The molecule has 138 valence electrons. The standard InChI is InChI=1S/C22H24N4O/c1-16-18-4-2-3-5-19(18)25-21(24-16)17-6-7-20(23-14-17)26-11-8-22(15-26)9-12-27-13-10-22/h2-7,14H,8-13,15H2,1H3. The first-order valence-electron chi connectivity index (χ1n) is 9.75. The van der Waals surface area contributed by atoms with Gasteiger partial charge in [0.25, 0.3) is 0 Å². The van der Waals surface area contributed by atoms with Gasteiger partial charge in [-0.2, -0.15) is 0 Å². The van der Waals surface area contributed by atoms with Crippen molar-refractivity contribution >= 4 is 16.7 Å². The van der Waals surface area contributed by atoms with Crippen molar-refractivity contribution in [2.75, 3.05) is 31.2 Å². The van der Waals surface area contributed by atoms with Crippen LogP contribution in [-0.2, 0) is 4.74 Å². The molecule has 5 nitrogen and oxygen atoms in total. The molecule has 3 aromatic rings. The van der Waals surface area contributed by atoms with Crippen LogP contribution in [0.25, 0.3) is 22.3 Å². The molecule has 1 aromatic carbocycles. The quantitative estimate of drug-likeness (QED) is 0.691. The number of hydrogen-bond donors (Lipinski definition) is 0. The van der Waals surface area contributed by atoms with E-state index in [1.807, 2.05) is 31.3 Å². The van der Waals surface area contributed by atoms with Crippen molar-refractivity contribution in [1.82, 2.24) is 15.0 Å². The van der Waals surface area contributed by atoms with Gasteiger partial charge in [0.15, 0.2) is 5.82 Å². The number of benzene rings is 1. The zero-order chi connectivity index (χ0) is 18.3. The second-order valence-electron chi connectivity index (χ2n) is 7.84. The van der Waals surface area contributed by atoms with Crippen molar-refractivity contribution in [2.45, 2.75) is 26.2 Å². The Morgan fingerprint density at radius 2 is 1.85 bits per heavy atom. The van der Waals surface area contributed by atoms with Crippen LogP contribution >= 0.6 is 0 Å². The predicted molar refractivity (Wildman–Crippen MR) is 107 cm³/mol. The number of rotatable bonds is 2. The fraction of sp³-hybridized carbons (Fsp3) is 0.409. The van der Waals surface area contributed by atoms with Gasteiger partial charge in [0.05, 0.1) is 5.52 Å². The van der Waals surface area contributed by atoms with Crippen LogP contribution in [0, 0.1) is 12.3 Å². The summed E-state index contributed by atoms with van der Waals surface area (Å²) in [5.74, 6) is 1.80. The van der Waals surface area contributed by atoms with E-state index in [9.17, 15) is 0 Å². The van der Waals surface area contributed by atoms with E-state index >= 15 is 0 Å². The normalized spacial score (nSPS) is 19.1. The average Bonchev–Trinajstić information content (AvgIpc) is 3.12. The molecular weight excluding hydrogens is 336 g/mol. The van der Waals surface area contributed by atoms with Crippen molar-refractivity contribution in [3.63, 3.8) is 0 Å². The number of anilines is 1. The van der Waals surface area contributed by atoms with Gasteiger partial charge in [0, 0.05) is 49.1 Å². The molecule has 0 bridgehead atoms. The van der Waals surface area contributed by atoms with Gasteiger partial charge in [0.1, 0.15) is 5.82 Å². The van der Waals surface area contributed by atoms with E-state index in [0.717, 1.165) is 60.1 Å². The Morgan fingerprint density at radius 1 is 1.00 bits per heavy atom. The van der Waals surface area contributed by atoms with Crippen molar-refractivity contribution < 1.29 is 4.74 Å². The van der Waals surface area contributed by atoms with Gasteiger partial charge in [0.2, 0.25) is 0 Å². The smallest absolute Gasteiger partial charge is 0.161 e. The van der Waals surface area contributed by atoms with Crippen LogP contribution in [0.4, 0.5) is 5.82 Å². The Bertz CT molecular complexity index is 964. The summed E-state index contributed by atoms with van der Waals surface area (Å²) in [4.78, 5) is 16.6. The van der Waals surface area contributed by atoms with E-state index in [1.165, 1.54) is 19.3 Å². The Hall–Kier alpha value is -2.53. The molecule has 0 amide bonds. The number of nitrogens with zero attached hydrogens (tertiary/aromatic N) is 4. The Kier molecular flexibility index (Phi) is 4.05. The SMILES string of the molecule is Cc1nc(-c2ccc(N3CCC4(CCOCC4)C3)nc2)nc2ccccc12. The molecule has 0 atom stereocenters. The summed E-state index contributed by atoms with van der Waals surface area (Å²) in [5.41, 5.74) is 3.37. The molecule has 2 aliphatic heterocycles. The van der Waals surface area contributed by atoms with E-state index in [1.54, 1.807) is 0 Å². The Balaban J connectivity index is 1.39. The number of para-hydroxylation sites is 1. The van der Waals surface area contributed by atoms with Crippen LogP contribution in [0.5, 0.6) is 0 Å². The summed E-state index contributed by atoms with van der Waals surface area (Å²) in [6, 6.07) is 12.3. The summed E-state index contributed by atoms with van der Waals surface area (Å²) in [6.07, 6.45) is 5.50. The minimum atomic E-state index is 0.428. The molecule has 2 aliphatic rings. The molecule has 2 aromatic heterocycles. The van der Waals surface area contributed by atoms with Crippen LogP contribution in [0.3, 0.4) is 0 Å². The molecule has 0 unspecified atom stereocenters. The number of ether oxygens (including phenoxy) is 1. The van der Waals surface area contributed by atoms with E-state index < -0.39 is 0 Å². The van der Waals surface area contributed by atoms with Crippen molar-refractivity contribution in [3.05, 3.63) is 48.3 Å². The van der Waals surface area contributed by atoms with Gasteiger partial charge < -0.3 is 9.64 Å². The monoisotopic (exact) mass is 360 g/mol. The predicted octanol–water partition coefficient (Wildman–Crippen LogP) is 4.01. The first kappa shape index (κ1) is 16.6. The highest BCUT2D eigenvalue weighted by molar-refractivity contribution is 5.82. The maximum absolute atomic E-state index is 5.55. The number of fused-ring (bicyclic) bond motifs is 1. The third-order valence-electron chi connectivity index (χ3n) is 6.12. The van der Waals surface area contributed by atoms with Crippen LogP contribution < -0.4 is 4.90 Å². The minimum Gasteiger partial charge on any atom is -0.381 e. The summed E-state index contributed by atoms with van der Waals surface area (Å²) >= 11 is 0. The molecule has 4 heterocycles. The lowest BCUT2D eigenvalue weighted by Crippen LogP contribution is -2.33. The second kappa shape index (κ2) is 6.57. The maximum atomic E-state index is 5.55. The molecule has 1 spiro atoms. The lowest BCUT2D eigenvalue weighted by molar-refractivity contribution is 0.0254. The summed E-state index contributed by atoms with van der Waals surface area (Å²) in [5, 5.41) is 1.10. The fourth-order valence-electron chi connectivity index (χ4n) is 4.41. The third kappa shape index (κ3) is 3.06. The Labute approximate surface area is 159 Å². The van der Waals surface area contributed by atoms with Crippen LogP contribution in [-0.4, -0.2) is 41.3 Å². The largest absolute Gasteiger partial charge is 0.381 e. The van der Waals surface area contributed by atoms with Gasteiger partial charge >= 0.3 is 0 Å². The van der Waals surface area contributed by atoms with Gasteiger partial charge in [-0.3, -0.25) is 0 Å². The maximum Gasteiger partial charge on any atom is 0.161 e. The lowest BCUT2D eigenvalue weighted by atomic mass is 9.80. The number of pyridine rings is 1. The third-order valence-corrected chi connectivity index (χ3v) is 6.12. The molecule has 5 rings (SSSR count). The molecule has 0 saturated carbocycles. The lowest BCUT2D eigenvalue weighted by Gasteiger charge is -2.33. The first-order valence-corrected chi connectivity index (χ1v) is 9.75. The number of aryl methyl sites for hydroxylation is 1. The van der Waals surface area contributed by atoms with E-state index in [4.69, 9.17) is 14.7 Å². The number of hydrogen-bond acceptors (Lipinski definition) is 5. The highest BCUT2D eigenvalue weighted by atomic mass is 16.5. The summed E-state index contributed by atoms with van der Waals surface area (Å²) in [7, 11) is 0. The second-order valence-corrected chi connectivity index (χ2v) is 7.84. The van der Waals surface area contributed by atoms with Gasteiger partial charge in [-0.05, 0) is 49.8 Å². The van der Waals surface area contributed by atoms with Crippen molar-refractivity contribution in [3.8, 4) is 11.4 Å². The highest BCUT2D eigenvalue weighted by Crippen LogP contribution is 2.41. The topological polar surface area (TPSA) is 51.1 Å². The molecule has 5 heteroatoms. The van der Waals surface area contributed by atoms with E-state index in [2.05, 4.69) is 28.1 Å². The average molecular weight is 360 g/mol. The minimum absolute atomic E-state index is 0.428. The highest BCUT2D eigenvalue weighted by Gasteiger charge is 2.39. The molecular formula is C22H24N4O. The summed E-state index contributed by atoms with van der Waals surface area (Å²) in [6.45, 7) is 6.01. The van der Waals surface area contributed by atoms with Crippen molar-refractivity contribution in [2.24, 2.45) is 5.41 Å². The first-order chi connectivity index (χ1) is 13.2. The zero-order valence-corrected chi connectivity index (χ0v) is 15.7. The molecule has 0 aliphatic carbocycles. The van der Waals surface area contributed by atoms with Gasteiger partial charge in [-0.1, -0.05) is 18.2 Å². The van der Waals surface area contributed by atoms with Crippen LogP contribution in [0.2, 0.25) is 0 Å². The summed E-state index contributed by atoms with van der Waals surface area (Å²) < 4.78 is 5.55. The molecule has 27 heavy (non-hydrogen) atoms. The van der Waals surface area contributed by atoms with Gasteiger partial charge in [-0.25, -0.2) is 15.0 Å². The van der Waals surface area contributed by atoms with Crippen molar-refractivity contribution in [1.29, 1.82) is 0 Å². The van der Waals surface area contributed by atoms with Crippen LogP contribution in [0.1, 0.15) is 25.0 Å². The zero-order valence-electron chi connectivity index (χ0n) is 15.7. The number of aromatic nitrogens is 3. The Morgan fingerprint density at radius 3 is 2.67 bits per heavy atom. The molecule has 0 N–H and O–H groups in total. The molecule has 0 radical (unpaired) electrons. The van der Waals surface area contributed by atoms with E-state index in [-0.39, 0.29) is 0 Å².